The molecular formula is C17H13F2N3O3. The predicted molar refractivity (Wildman–Crippen MR) is 85.5 cm³/mol. The van der Waals surface area contributed by atoms with Gasteiger partial charge in [-0.2, -0.15) is 5.10 Å². The monoisotopic (exact) mass is 345 g/mol. The highest BCUT2D eigenvalue weighted by atomic mass is 19.1. The van der Waals surface area contributed by atoms with E-state index in [1.807, 2.05) is 0 Å². The Bertz CT molecular complexity index is 969. The molecule has 0 saturated heterocycles. The lowest BCUT2D eigenvalue weighted by molar-refractivity contribution is 0.0528. The van der Waals surface area contributed by atoms with Crippen LogP contribution in [-0.2, 0) is 4.74 Å². The minimum Gasteiger partial charge on any atom is -0.462 e. The summed E-state index contributed by atoms with van der Waals surface area (Å²) < 4.78 is 33.0. The molecular weight excluding hydrogens is 332 g/mol. The van der Waals surface area contributed by atoms with E-state index in [-0.39, 0.29) is 17.7 Å². The van der Waals surface area contributed by atoms with Crippen molar-refractivity contribution in [1.82, 2.24) is 9.61 Å². The number of amides is 1. The van der Waals surface area contributed by atoms with Crippen molar-refractivity contribution in [2.75, 3.05) is 11.9 Å². The molecule has 0 aliphatic carbocycles. The van der Waals surface area contributed by atoms with Gasteiger partial charge >= 0.3 is 5.97 Å². The molecule has 128 valence electrons. The van der Waals surface area contributed by atoms with Gasteiger partial charge in [0.25, 0.3) is 5.91 Å². The van der Waals surface area contributed by atoms with Crippen molar-refractivity contribution in [2.45, 2.75) is 6.92 Å². The summed E-state index contributed by atoms with van der Waals surface area (Å²) in [5.41, 5.74) is 0.703. The Labute approximate surface area is 141 Å². The first-order chi connectivity index (χ1) is 12.0. The number of carbonyl (C=O) groups excluding carboxylic acids is 2. The summed E-state index contributed by atoms with van der Waals surface area (Å²) in [5, 5.41) is 6.53. The fourth-order valence-electron chi connectivity index (χ4n) is 2.30. The number of aromatic nitrogens is 2. The Hall–Kier alpha value is -3.29. The molecule has 0 bridgehead atoms. The summed E-state index contributed by atoms with van der Waals surface area (Å²) in [4.78, 5) is 24.1. The van der Waals surface area contributed by atoms with E-state index in [0.29, 0.717) is 17.3 Å². The zero-order chi connectivity index (χ0) is 18.0. The summed E-state index contributed by atoms with van der Waals surface area (Å²) in [5.74, 6) is -3.01. The molecule has 0 unspecified atom stereocenters. The van der Waals surface area contributed by atoms with E-state index in [4.69, 9.17) is 4.74 Å². The van der Waals surface area contributed by atoms with Crippen molar-refractivity contribution >= 4 is 23.1 Å². The number of carbonyl (C=O) groups is 2. The number of esters is 1. The SMILES string of the molecule is CCOC(=O)c1cnn2ccc(NC(=O)c3ccc(F)cc3F)cc12. The lowest BCUT2D eigenvalue weighted by Gasteiger charge is -2.07. The summed E-state index contributed by atoms with van der Waals surface area (Å²) in [7, 11) is 0. The summed E-state index contributed by atoms with van der Waals surface area (Å²) >= 11 is 0. The van der Waals surface area contributed by atoms with E-state index in [9.17, 15) is 18.4 Å². The number of nitrogens with one attached hydrogen (secondary N) is 1. The van der Waals surface area contributed by atoms with Crippen molar-refractivity contribution in [1.29, 1.82) is 0 Å². The zero-order valence-corrected chi connectivity index (χ0v) is 13.1. The van der Waals surface area contributed by atoms with Gasteiger partial charge in [-0.3, -0.25) is 4.79 Å². The second kappa shape index (κ2) is 6.68. The number of benzene rings is 1. The third-order valence-electron chi connectivity index (χ3n) is 3.45. The highest BCUT2D eigenvalue weighted by molar-refractivity contribution is 6.05. The number of rotatable bonds is 4. The number of hydrogen-bond acceptors (Lipinski definition) is 4. The first-order valence-corrected chi connectivity index (χ1v) is 7.40. The minimum absolute atomic E-state index is 0.219. The maximum atomic E-state index is 13.7. The van der Waals surface area contributed by atoms with E-state index in [0.717, 1.165) is 12.1 Å². The van der Waals surface area contributed by atoms with E-state index in [2.05, 4.69) is 10.4 Å². The van der Waals surface area contributed by atoms with Crippen LogP contribution in [0.25, 0.3) is 5.52 Å². The standard InChI is InChI=1S/C17H13F2N3O3/c1-2-25-17(24)13-9-20-22-6-5-11(8-15(13)22)21-16(23)12-4-3-10(18)7-14(12)19/h3-9H,2H2,1H3,(H,21,23). The molecule has 0 spiro atoms. The topological polar surface area (TPSA) is 72.7 Å². The van der Waals surface area contributed by atoms with Gasteiger partial charge in [-0.05, 0) is 31.2 Å². The van der Waals surface area contributed by atoms with Gasteiger partial charge in [0.15, 0.2) is 0 Å². The molecule has 0 fully saturated rings. The number of pyridine rings is 1. The molecule has 1 N–H and O–H groups in total. The lowest BCUT2D eigenvalue weighted by Crippen LogP contribution is -2.14. The van der Waals surface area contributed by atoms with Crippen LogP contribution in [0.15, 0.2) is 42.7 Å². The van der Waals surface area contributed by atoms with Gasteiger partial charge in [-0.1, -0.05) is 0 Å². The highest BCUT2D eigenvalue weighted by Gasteiger charge is 2.16. The number of halogens is 2. The third kappa shape index (κ3) is 3.32. The fourth-order valence-corrected chi connectivity index (χ4v) is 2.30. The summed E-state index contributed by atoms with van der Waals surface area (Å²) in [6.07, 6.45) is 2.90. The zero-order valence-electron chi connectivity index (χ0n) is 13.1. The number of nitrogens with zero attached hydrogens (tertiary/aromatic N) is 2. The van der Waals surface area contributed by atoms with Gasteiger partial charge in [-0.15, -0.1) is 0 Å². The van der Waals surface area contributed by atoms with Crippen molar-refractivity contribution in [2.24, 2.45) is 0 Å². The molecule has 6 nitrogen and oxygen atoms in total. The molecule has 8 heteroatoms. The maximum Gasteiger partial charge on any atom is 0.341 e. The van der Waals surface area contributed by atoms with Gasteiger partial charge in [0, 0.05) is 18.0 Å². The summed E-state index contributed by atoms with van der Waals surface area (Å²) in [6.45, 7) is 1.91. The van der Waals surface area contributed by atoms with Crippen LogP contribution in [0.3, 0.4) is 0 Å². The van der Waals surface area contributed by atoms with Crippen molar-refractivity contribution < 1.29 is 23.1 Å². The molecule has 1 amide bonds. The molecule has 1 aromatic carbocycles. The van der Waals surface area contributed by atoms with Crippen LogP contribution in [0.2, 0.25) is 0 Å². The average Bonchev–Trinajstić information content (AvgIpc) is 2.98. The van der Waals surface area contributed by atoms with Crippen molar-refractivity contribution in [3.05, 3.63) is 65.5 Å². The van der Waals surface area contributed by atoms with Gasteiger partial charge < -0.3 is 10.1 Å². The molecule has 0 aliphatic heterocycles. The molecule has 0 saturated carbocycles. The Morgan fingerprint density at radius 1 is 1.20 bits per heavy atom. The molecule has 2 aromatic heterocycles. The van der Waals surface area contributed by atoms with E-state index < -0.39 is 23.5 Å². The van der Waals surface area contributed by atoms with Crippen LogP contribution in [0.1, 0.15) is 27.6 Å². The van der Waals surface area contributed by atoms with Crippen LogP contribution in [0, 0.1) is 11.6 Å². The molecule has 0 radical (unpaired) electrons. The molecule has 3 aromatic rings. The van der Waals surface area contributed by atoms with Crippen molar-refractivity contribution in [3.8, 4) is 0 Å². The molecule has 0 aliphatic rings. The van der Waals surface area contributed by atoms with E-state index >= 15 is 0 Å². The normalized spacial score (nSPS) is 10.7. The fraction of sp³-hybridized carbons (Fsp3) is 0.118. The van der Waals surface area contributed by atoms with Gasteiger partial charge in [0.05, 0.1) is 23.9 Å². The second-order valence-electron chi connectivity index (χ2n) is 5.10. The smallest absolute Gasteiger partial charge is 0.341 e. The lowest BCUT2D eigenvalue weighted by atomic mass is 10.2. The Morgan fingerprint density at radius 3 is 2.72 bits per heavy atom. The van der Waals surface area contributed by atoms with Crippen LogP contribution < -0.4 is 5.32 Å². The predicted octanol–water partition coefficient (Wildman–Crippen LogP) is 3.04. The second-order valence-corrected chi connectivity index (χ2v) is 5.10. The quantitative estimate of drug-likeness (QED) is 0.738. The molecule has 2 heterocycles. The average molecular weight is 345 g/mol. The third-order valence-corrected chi connectivity index (χ3v) is 3.45. The van der Waals surface area contributed by atoms with Crippen molar-refractivity contribution in [3.63, 3.8) is 0 Å². The van der Waals surface area contributed by atoms with Gasteiger partial charge in [0.1, 0.15) is 17.2 Å². The first kappa shape index (κ1) is 16.6. The van der Waals surface area contributed by atoms with Crippen LogP contribution in [0.4, 0.5) is 14.5 Å². The van der Waals surface area contributed by atoms with E-state index in [1.165, 1.54) is 29.0 Å². The highest BCUT2D eigenvalue weighted by Crippen LogP contribution is 2.18. The maximum absolute atomic E-state index is 13.7. The van der Waals surface area contributed by atoms with Gasteiger partial charge in [0.2, 0.25) is 0 Å². The Kier molecular flexibility index (Phi) is 4.42. The van der Waals surface area contributed by atoms with Crippen LogP contribution in [-0.4, -0.2) is 28.1 Å². The van der Waals surface area contributed by atoms with Gasteiger partial charge in [-0.25, -0.2) is 18.1 Å². The molecule has 25 heavy (non-hydrogen) atoms. The summed E-state index contributed by atoms with van der Waals surface area (Å²) in [6, 6.07) is 5.74. The number of ether oxygens (including phenoxy) is 1. The largest absolute Gasteiger partial charge is 0.462 e. The van der Waals surface area contributed by atoms with Crippen LogP contribution >= 0.6 is 0 Å². The number of hydrogen-bond donors (Lipinski definition) is 1. The molecule has 3 rings (SSSR count). The first-order valence-electron chi connectivity index (χ1n) is 7.40. The Balaban J connectivity index is 1.90. The van der Waals surface area contributed by atoms with E-state index in [1.54, 1.807) is 6.92 Å². The number of fused-ring (bicyclic) bond motifs is 1. The molecule has 0 atom stereocenters. The number of anilines is 1. The van der Waals surface area contributed by atoms with Crippen LogP contribution in [0.5, 0.6) is 0 Å². The minimum atomic E-state index is -0.963. The Morgan fingerprint density at radius 2 is 2.00 bits per heavy atom.